The smallest absolute Gasteiger partial charge is 0.407 e. The Hall–Kier alpha value is -1.46. The molecule has 6 heteroatoms. The van der Waals surface area contributed by atoms with Gasteiger partial charge < -0.3 is 15.6 Å². The summed E-state index contributed by atoms with van der Waals surface area (Å²) in [6.07, 6.45) is -2.28. The minimum atomic E-state index is -1.27. The maximum Gasteiger partial charge on any atom is 0.407 e. The minimum absolute atomic E-state index is 0.412. The van der Waals surface area contributed by atoms with Crippen LogP contribution < -0.4 is 11.1 Å². The zero-order valence-corrected chi connectivity index (χ0v) is 4.46. The van der Waals surface area contributed by atoms with Crippen LogP contribution in [0, 0.1) is 0 Å². The van der Waals surface area contributed by atoms with Crippen LogP contribution in [-0.4, -0.2) is 24.0 Å². The van der Waals surface area contributed by atoms with Crippen molar-refractivity contribution in [1.29, 1.82) is 0 Å². The topological polar surface area (TPSA) is 102 Å². The number of carbonyl (C=O) groups is 2. The third-order valence-corrected chi connectivity index (χ3v) is 0.438. The highest BCUT2D eigenvalue weighted by Crippen LogP contribution is 1.67. The minimum Gasteiger partial charge on any atom is -0.465 e. The van der Waals surface area contributed by atoms with E-state index >= 15 is 0 Å². The van der Waals surface area contributed by atoms with Crippen molar-refractivity contribution in [3.63, 3.8) is 0 Å². The summed E-state index contributed by atoms with van der Waals surface area (Å²) in [6.45, 7) is -0.412. The molecule has 0 aromatic heterocycles. The average Bonchev–Trinajstić information content (AvgIpc) is 1.63. The maximum absolute atomic E-state index is 9.75. The second kappa shape index (κ2) is 3.53. The summed E-state index contributed by atoms with van der Waals surface area (Å²) >= 11 is 0. The number of ether oxygens (including phenoxy) is 1. The van der Waals surface area contributed by atoms with Gasteiger partial charge in [-0.15, -0.1) is 0 Å². The van der Waals surface area contributed by atoms with Crippen molar-refractivity contribution >= 4 is 12.2 Å². The molecule has 0 rings (SSSR count). The Bertz CT molecular complexity index is 109. The van der Waals surface area contributed by atoms with Crippen LogP contribution in [0.3, 0.4) is 0 Å². The lowest BCUT2D eigenvalue weighted by Crippen LogP contribution is -2.27. The number of amides is 2. The lowest BCUT2D eigenvalue weighted by molar-refractivity contribution is 0.139. The fourth-order valence-corrected chi connectivity index (χ4v) is 0.169. The van der Waals surface area contributed by atoms with Gasteiger partial charge in [-0.1, -0.05) is 0 Å². The third-order valence-electron chi connectivity index (χ3n) is 0.438. The Morgan fingerprint density at radius 3 is 2.56 bits per heavy atom. The van der Waals surface area contributed by atoms with Gasteiger partial charge in [0.1, 0.15) is 0 Å². The Labute approximate surface area is 50.6 Å². The molecule has 0 aromatic rings. The van der Waals surface area contributed by atoms with Crippen molar-refractivity contribution < 1.29 is 19.4 Å². The van der Waals surface area contributed by atoms with E-state index in [0.717, 1.165) is 0 Å². The van der Waals surface area contributed by atoms with E-state index in [2.05, 4.69) is 10.5 Å². The second-order valence-corrected chi connectivity index (χ2v) is 1.09. The molecule has 0 aliphatic rings. The number of rotatable bonds is 2. The van der Waals surface area contributed by atoms with E-state index in [0.29, 0.717) is 0 Å². The highest BCUT2D eigenvalue weighted by atomic mass is 16.6. The van der Waals surface area contributed by atoms with Gasteiger partial charge in [0.05, 0.1) is 0 Å². The molecule has 0 unspecified atom stereocenters. The van der Waals surface area contributed by atoms with Crippen LogP contribution in [0.4, 0.5) is 9.59 Å². The first-order chi connectivity index (χ1) is 4.13. The van der Waals surface area contributed by atoms with Crippen LogP contribution in [0.1, 0.15) is 0 Å². The van der Waals surface area contributed by atoms with Gasteiger partial charge in [0.15, 0.2) is 6.73 Å². The van der Waals surface area contributed by atoms with Crippen molar-refractivity contribution in [1.82, 2.24) is 5.32 Å². The number of nitrogens with two attached hydrogens (primary N) is 1. The molecule has 0 atom stereocenters. The van der Waals surface area contributed by atoms with E-state index in [-0.39, 0.29) is 0 Å². The molecule has 52 valence electrons. The van der Waals surface area contributed by atoms with Crippen molar-refractivity contribution in [2.45, 2.75) is 0 Å². The molecule has 0 aliphatic heterocycles. The van der Waals surface area contributed by atoms with Gasteiger partial charge in [-0.2, -0.15) is 0 Å². The van der Waals surface area contributed by atoms with Gasteiger partial charge in [0, 0.05) is 0 Å². The van der Waals surface area contributed by atoms with E-state index in [1.54, 1.807) is 5.32 Å². The molecule has 9 heavy (non-hydrogen) atoms. The van der Waals surface area contributed by atoms with Crippen LogP contribution >= 0.6 is 0 Å². The number of primary amides is 1. The largest absolute Gasteiger partial charge is 0.465 e. The Morgan fingerprint density at radius 1 is 1.67 bits per heavy atom. The second-order valence-electron chi connectivity index (χ2n) is 1.09. The first-order valence-corrected chi connectivity index (χ1v) is 2.02. The molecule has 0 radical (unpaired) electrons. The van der Waals surface area contributed by atoms with E-state index in [1.807, 2.05) is 0 Å². The molecule has 0 fully saturated rings. The summed E-state index contributed by atoms with van der Waals surface area (Å²) in [4.78, 5) is 19.4. The van der Waals surface area contributed by atoms with Gasteiger partial charge in [0.25, 0.3) is 0 Å². The SMILES string of the molecule is NC(=O)OCNC(=O)O. The van der Waals surface area contributed by atoms with E-state index in [4.69, 9.17) is 5.11 Å². The summed E-state index contributed by atoms with van der Waals surface area (Å²) in [5.74, 6) is 0. The van der Waals surface area contributed by atoms with Gasteiger partial charge in [-0.05, 0) is 0 Å². The molecule has 4 N–H and O–H groups in total. The molecule has 0 spiro atoms. The summed E-state index contributed by atoms with van der Waals surface area (Å²) in [5, 5.41) is 9.65. The first kappa shape index (κ1) is 7.54. The maximum atomic E-state index is 9.75. The lowest BCUT2D eigenvalue weighted by atomic mass is 11.0. The van der Waals surface area contributed by atoms with Crippen molar-refractivity contribution in [2.75, 3.05) is 6.73 Å². The first-order valence-electron chi connectivity index (χ1n) is 2.02. The molecule has 0 aromatic carbocycles. The van der Waals surface area contributed by atoms with Crippen LogP contribution in [0.2, 0.25) is 0 Å². The summed E-state index contributed by atoms with van der Waals surface area (Å²) in [6, 6.07) is 0. The van der Waals surface area contributed by atoms with Crippen LogP contribution in [0.25, 0.3) is 0 Å². The summed E-state index contributed by atoms with van der Waals surface area (Å²) < 4.78 is 4.00. The molecule has 0 saturated heterocycles. The monoisotopic (exact) mass is 134 g/mol. The van der Waals surface area contributed by atoms with Crippen LogP contribution in [0.15, 0.2) is 0 Å². The molecule has 0 aliphatic carbocycles. The molecule has 2 amide bonds. The van der Waals surface area contributed by atoms with Crippen LogP contribution in [0.5, 0.6) is 0 Å². The fourth-order valence-electron chi connectivity index (χ4n) is 0.169. The van der Waals surface area contributed by atoms with Crippen molar-refractivity contribution in [2.24, 2.45) is 5.73 Å². The van der Waals surface area contributed by atoms with Gasteiger partial charge in [-0.25, -0.2) is 9.59 Å². The summed E-state index contributed by atoms with van der Waals surface area (Å²) in [7, 11) is 0. The Balaban J connectivity index is 3.10. The van der Waals surface area contributed by atoms with Crippen LogP contribution in [-0.2, 0) is 4.74 Å². The molecule has 0 saturated carbocycles. The highest BCUT2D eigenvalue weighted by molar-refractivity contribution is 5.66. The van der Waals surface area contributed by atoms with Gasteiger partial charge >= 0.3 is 12.2 Å². The number of hydrogen-bond acceptors (Lipinski definition) is 3. The fraction of sp³-hybridized carbons (Fsp3) is 0.333. The number of carbonyl (C=O) groups excluding carboxylic acids is 1. The van der Waals surface area contributed by atoms with Crippen molar-refractivity contribution in [3.8, 4) is 0 Å². The molecular formula is C3H6N2O4. The number of hydrogen-bond donors (Lipinski definition) is 3. The molecule has 6 nitrogen and oxygen atoms in total. The Morgan fingerprint density at radius 2 is 2.22 bits per heavy atom. The Kier molecular flexibility index (Phi) is 2.96. The van der Waals surface area contributed by atoms with E-state index < -0.39 is 18.9 Å². The quantitative estimate of drug-likeness (QED) is 0.435. The number of nitrogens with one attached hydrogen (secondary N) is 1. The normalized spacial score (nSPS) is 8.00. The number of carboxylic acid groups (broad SMARTS) is 1. The standard InChI is InChI=1S/C3H6N2O4/c4-2(6)9-1-5-3(7)8/h5H,1H2,(H2,4,6)(H,7,8). The third kappa shape index (κ3) is 6.54. The van der Waals surface area contributed by atoms with E-state index in [1.165, 1.54) is 0 Å². The van der Waals surface area contributed by atoms with Crippen molar-refractivity contribution in [3.05, 3.63) is 0 Å². The zero-order chi connectivity index (χ0) is 7.28. The molecule has 0 heterocycles. The molecular weight excluding hydrogens is 128 g/mol. The van der Waals surface area contributed by atoms with E-state index in [9.17, 15) is 9.59 Å². The predicted molar refractivity (Wildman–Crippen MR) is 26.7 cm³/mol. The average molecular weight is 134 g/mol. The van der Waals surface area contributed by atoms with Gasteiger partial charge in [0.2, 0.25) is 0 Å². The zero-order valence-electron chi connectivity index (χ0n) is 4.46. The summed E-state index contributed by atoms with van der Waals surface area (Å²) in [5.41, 5.74) is 4.48. The highest BCUT2D eigenvalue weighted by Gasteiger charge is 1.94. The van der Waals surface area contributed by atoms with Gasteiger partial charge in [-0.3, -0.25) is 5.32 Å². The predicted octanol–water partition coefficient (Wildman–Crippen LogP) is -0.693. The molecule has 0 bridgehead atoms. The lowest BCUT2D eigenvalue weighted by Gasteiger charge is -1.98.